The van der Waals surface area contributed by atoms with Gasteiger partial charge in [-0.2, -0.15) is 0 Å². The van der Waals surface area contributed by atoms with Crippen LogP contribution in [0.5, 0.6) is 0 Å². The molecule has 1 atom stereocenters. The van der Waals surface area contributed by atoms with Gasteiger partial charge in [0, 0.05) is 46.2 Å². The maximum absolute atomic E-state index is 12.8. The normalized spacial score (nSPS) is 12.8. The van der Waals surface area contributed by atoms with E-state index >= 15 is 0 Å². The third kappa shape index (κ3) is 5.24. The van der Waals surface area contributed by atoms with Crippen molar-refractivity contribution >= 4 is 56.1 Å². The first-order chi connectivity index (χ1) is 15.6. The number of rotatable bonds is 8. The second-order valence-electron chi connectivity index (χ2n) is 8.03. The lowest BCUT2D eigenvalue weighted by molar-refractivity contribution is -0.384. The smallest absolute Gasteiger partial charge is 0.331 e. The van der Waals surface area contributed by atoms with E-state index < -0.39 is 10.9 Å². The Kier molecular flexibility index (Phi) is 7.53. The second kappa shape index (κ2) is 10.2. The predicted octanol–water partition coefficient (Wildman–Crippen LogP) is 5.75. The van der Waals surface area contributed by atoms with Crippen LogP contribution in [0, 0.1) is 17.0 Å². The van der Waals surface area contributed by atoms with Crippen LogP contribution < -0.4 is 0 Å². The Labute approximate surface area is 196 Å². The summed E-state index contributed by atoms with van der Waals surface area (Å²) in [5.74, 6) is -0.520. The number of hydrogen-bond acceptors (Lipinski definition) is 7. The van der Waals surface area contributed by atoms with Gasteiger partial charge in [-0.3, -0.25) is 14.9 Å². The third-order valence-electron chi connectivity index (χ3n) is 5.50. The van der Waals surface area contributed by atoms with E-state index in [-0.39, 0.29) is 22.6 Å². The van der Waals surface area contributed by atoms with Crippen molar-refractivity contribution in [3.8, 4) is 0 Å². The van der Waals surface area contributed by atoms with Crippen molar-refractivity contribution in [1.29, 1.82) is 0 Å². The van der Waals surface area contributed by atoms with Gasteiger partial charge in [-0.05, 0) is 38.0 Å². The number of non-ortho nitro benzene ring substituents is 1. The minimum Gasteiger partial charge on any atom is -0.332 e. The van der Waals surface area contributed by atoms with Gasteiger partial charge in [-0.25, -0.2) is 4.79 Å². The van der Waals surface area contributed by atoms with Gasteiger partial charge in [-0.1, -0.05) is 43.3 Å². The zero-order valence-electron chi connectivity index (χ0n) is 19.4. The summed E-state index contributed by atoms with van der Waals surface area (Å²) in [5, 5.41) is 17.1. The predicted molar refractivity (Wildman–Crippen MR) is 132 cm³/mol. The van der Waals surface area contributed by atoms with Gasteiger partial charge in [0.25, 0.3) is 5.69 Å². The Bertz CT molecular complexity index is 1280. The van der Waals surface area contributed by atoms with E-state index in [0.717, 1.165) is 40.4 Å². The third-order valence-corrected chi connectivity index (χ3v) is 6.53. The van der Waals surface area contributed by atoms with E-state index in [9.17, 15) is 19.7 Å². The standard InChI is InChI=1S/C24H27N3O5S/c1-6-7-14(2)33-23(29)13-26-21-10-8-18(27(30)31)12-20(21)24-15(3)19(9-11-22(24)26)16(4)25-32-17(5)28/h8-12,14H,6-7,13H2,1-5H3/b25-16+. The van der Waals surface area contributed by atoms with E-state index in [1.807, 2.05) is 30.5 Å². The zero-order chi connectivity index (χ0) is 24.3. The minimum absolute atomic E-state index is 0.0195. The number of carbonyl (C=O) groups is 2. The van der Waals surface area contributed by atoms with Crippen LogP contribution in [0.1, 0.15) is 51.7 Å². The van der Waals surface area contributed by atoms with E-state index in [1.165, 1.54) is 24.8 Å². The van der Waals surface area contributed by atoms with Crippen LogP contribution in [0.25, 0.3) is 21.8 Å². The molecule has 0 spiro atoms. The number of aryl methyl sites for hydroxylation is 1. The van der Waals surface area contributed by atoms with Gasteiger partial charge in [0.1, 0.15) is 0 Å². The molecule has 0 radical (unpaired) electrons. The molecule has 0 aliphatic heterocycles. The maximum Gasteiger partial charge on any atom is 0.331 e. The molecule has 0 amide bonds. The average molecular weight is 470 g/mol. The number of benzene rings is 2. The number of hydrogen-bond donors (Lipinski definition) is 0. The average Bonchev–Trinajstić information content (AvgIpc) is 3.05. The Morgan fingerprint density at radius 1 is 1.21 bits per heavy atom. The Balaban J connectivity index is 2.19. The fraction of sp³-hybridized carbons (Fsp3) is 0.375. The number of nitro groups is 1. The molecule has 0 aliphatic rings. The maximum atomic E-state index is 12.8. The van der Waals surface area contributed by atoms with Gasteiger partial charge in [0.2, 0.25) is 5.12 Å². The minimum atomic E-state index is -0.520. The van der Waals surface area contributed by atoms with Gasteiger partial charge in [-0.15, -0.1) is 0 Å². The van der Waals surface area contributed by atoms with Crippen LogP contribution in [-0.4, -0.2) is 31.5 Å². The van der Waals surface area contributed by atoms with Crippen LogP contribution in [0.2, 0.25) is 0 Å². The van der Waals surface area contributed by atoms with Crippen molar-refractivity contribution in [2.45, 2.75) is 59.3 Å². The summed E-state index contributed by atoms with van der Waals surface area (Å²) < 4.78 is 1.91. The fourth-order valence-corrected chi connectivity index (χ4v) is 5.07. The van der Waals surface area contributed by atoms with Crippen LogP contribution in [0.3, 0.4) is 0 Å². The van der Waals surface area contributed by atoms with Gasteiger partial charge in [0.15, 0.2) is 0 Å². The van der Waals surface area contributed by atoms with Crippen molar-refractivity contribution in [2.24, 2.45) is 5.16 Å². The number of carbonyl (C=O) groups excluding carboxylic acids is 2. The topological polar surface area (TPSA) is 104 Å². The first-order valence-electron chi connectivity index (χ1n) is 10.8. The molecule has 9 heteroatoms. The number of nitro benzene ring substituents is 1. The summed E-state index contributed by atoms with van der Waals surface area (Å²) in [6, 6.07) is 8.43. The van der Waals surface area contributed by atoms with E-state index in [0.29, 0.717) is 11.1 Å². The molecule has 0 saturated carbocycles. The highest BCUT2D eigenvalue weighted by molar-refractivity contribution is 8.14. The zero-order valence-corrected chi connectivity index (χ0v) is 20.2. The number of nitrogens with zero attached hydrogens (tertiary/aromatic N) is 3. The van der Waals surface area contributed by atoms with Gasteiger partial charge >= 0.3 is 5.97 Å². The molecule has 3 rings (SSSR count). The van der Waals surface area contributed by atoms with Gasteiger partial charge < -0.3 is 9.40 Å². The SMILES string of the molecule is CCCC(C)SC(=O)Cn1c2ccc([N+](=O)[O-])cc2c2c(C)c(/C(C)=N/OC(C)=O)ccc21. The Morgan fingerprint density at radius 3 is 2.55 bits per heavy atom. The molecule has 1 unspecified atom stereocenters. The summed E-state index contributed by atoms with van der Waals surface area (Å²) in [6.45, 7) is 9.20. The highest BCUT2D eigenvalue weighted by Crippen LogP contribution is 2.36. The summed E-state index contributed by atoms with van der Waals surface area (Å²) in [7, 11) is 0. The highest BCUT2D eigenvalue weighted by Gasteiger charge is 2.20. The Morgan fingerprint density at radius 2 is 1.91 bits per heavy atom. The molecule has 1 heterocycles. The molecule has 0 N–H and O–H groups in total. The highest BCUT2D eigenvalue weighted by atomic mass is 32.2. The fourth-order valence-electron chi connectivity index (χ4n) is 4.07. The number of fused-ring (bicyclic) bond motifs is 3. The second-order valence-corrected chi connectivity index (χ2v) is 9.52. The summed E-state index contributed by atoms with van der Waals surface area (Å²) >= 11 is 1.33. The van der Waals surface area contributed by atoms with E-state index in [4.69, 9.17) is 4.84 Å². The Hall–Kier alpha value is -3.20. The first kappa shape index (κ1) is 24.4. The van der Waals surface area contributed by atoms with Crippen molar-refractivity contribution in [2.75, 3.05) is 0 Å². The van der Waals surface area contributed by atoms with Crippen molar-refractivity contribution in [3.05, 3.63) is 51.6 Å². The van der Waals surface area contributed by atoms with Crippen molar-refractivity contribution in [3.63, 3.8) is 0 Å². The van der Waals surface area contributed by atoms with Crippen molar-refractivity contribution in [1.82, 2.24) is 4.57 Å². The van der Waals surface area contributed by atoms with Crippen LogP contribution >= 0.6 is 11.8 Å². The van der Waals surface area contributed by atoms with Gasteiger partial charge in [0.05, 0.1) is 22.7 Å². The van der Waals surface area contributed by atoms with E-state index in [2.05, 4.69) is 12.1 Å². The molecule has 2 aromatic carbocycles. The van der Waals surface area contributed by atoms with E-state index in [1.54, 1.807) is 19.1 Å². The summed E-state index contributed by atoms with van der Waals surface area (Å²) in [6.07, 6.45) is 1.97. The van der Waals surface area contributed by atoms with Crippen LogP contribution in [0.15, 0.2) is 35.5 Å². The van der Waals surface area contributed by atoms with Crippen molar-refractivity contribution < 1.29 is 19.3 Å². The lowest BCUT2D eigenvalue weighted by atomic mass is 9.99. The monoisotopic (exact) mass is 469 g/mol. The molecule has 0 saturated heterocycles. The quantitative estimate of drug-likeness (QED) is 0.180. The molecule has 0 bridgehead atoms. The first-order valence-corrected chi connectivity index (χ1v) is 11.6. The molecule has 1 aromatic heterocycles. The molecule has 174 valence electrons. The molecule has 3 aromatic rings. The molecular formula is C24H27N3O5S. The molecule has 8 nitrogen and oxygen atoms in total. The number of aromatic nitrogens is 1. The number of oxime groups is 1. The largest absolute Gasteiger partial charge is 0.332 e. The summed E-state index contributed by atoms with van der Waals surface area (Å²) in [5.41, 5.74) is 3.65. The lowest BCUT2D eigenvalue weighted by Gasteiger charge is -2.11. The molecule has 33 heavy (non-hydrogen) atoms. The molecule has 0 aliphatic carbocycles. The number of thioether (sulfide) groups is 1. The van der Waals surface area contributed by atoms with Crippen LogP contribution in [-0.2, 0) is 21.0 Å². The molecular weight excluding hydrogens is 442 g/mol. The van der Waals surface area contributed by atoms with Crippen LogP contribution in [0.4, 0.5) is 5.69 Å². The summed E-state index contributed by atoms with van der Waals surface area (Å²) in [4.78, 5) is 39.8. The lowest BCUT2D eigenvalue weighted by Crippen LogP contribution is -2.10. The molecule has 0 fully saturated rings.